The average molecular weight is 247 g/mol. The molecule has 1 rings (SSSR count). The van der Waals surface area contributed by atoms with E-state index in [1.807, 2.05) is 0 Å². The van der Waals surface area contributed by atoms with E-state index < -0.39 is 9.84 Å². The summed E-state index contributed by atoms with van der Waals surface area (Å²) in [6.45, 7) is 1.61. The van der Waals surface area contributed by atoms with Crippen molar-refractivity contribution in [3.63, 3.8) is 0 Å². The van der Waals surface area contributed by atoms with Crippen LogP contribution in [0.5, 0.6) is 0 Å². The number of sulfone groups is 1. The lowest BCUT2D eigenvalue weighted by Gasteiger charge is -2.25. The number of carbonyl (C=O) groups excluding carboxylic acids is 1. The summed E-state index contributed by atoms with van der Waals surface area (Å²) in [5.74, 6) is 0.182. The Morgan fingerprint density at radius 2 is 2.06 bits per heavy atom. The van der Waals surface area contributed by atoms with Crippen molar-refractivity contribution < 1.29 is 13.2 Å². The average Bonchev–Trinajstić information content (AvgIpc) is 2.26. The van der Waals surface area contributed by atoms with E-state index in [-0.39, 0.29) is 35.7 Å². The fourth-order valence-electron chi connectivity index (χ4n) is 2.12. The Labute approximate surface area is 97.5 Å². The van der Waals surface area contributed by atoms with Gasteiger partial charge in [-0.25, -0.2) is 8.42 Å². The van der Waals surface area contributed by atoms with Crippen molar-refractivity contribution in [3.05, 3.63) is 0 Å². The molecule has 0 amide bonds. The summed E-state index contributed by atoms with van der Waals surface area (Å²) < 4.78 is 22.5. The zero-order valence-corrected chi connectivity index (χ0v) is 10.6. The van der Waals surface area contributed by atoms with E-state index in [9.17, 15) is 13.2 Å². The maximum Gasteiger partial charge on any atom is 0.150 e. The Morgan fingerprint density at radius 1 is 1.38 bits per heavy atom. The first-order valence-electron chi connectivity index (χ1n) is 5.93. The summed E-state index contributed by atoms with van der Waals surface area (Å²) >= 11 is 0. The van der Waals surface area contributed by atoms with E-state index in [2.05, 4.69) is 0 Å². The predicted molar refractivity (Wildman–Crippen MR) is 63.9 cm³/mol. The van der Waals surface area contributed by atoms with Crippen LogP contribution in [0.2, 0.25) is 0 Å². The van der Waals surface area contributed by atoms with E-state index in [1.54, 1.807) is 6.92 Å². The van der Waals surface area contributed by atoms with Gasteiger partial charge in [-0.1, -0.05) is 13.3 Å². The molecule has 1 saturated carbocycles. The Balaban J connectivity index is 2.40. The first kappa shape index (κ1) is 13.6. The topological polar surface area (TPSA) is 77.2 Å². The normalized spacial score (nSPS) is 26.6. The van der Waals surface area contributed by atoms with Crippen LogP contribution in [0.1, 0.15) is 39.0 Å². The Kier molecular flexibility index (Phi) is 4.92. The van der Waals surface area contributed by atoms with Crippen LogP contribution in [-0.2, 0) is 14.6 Å². The molecule has 0 spiro atoms. The number of Topliss-reactive ketones (excluding diaryl/α,β-unsaturated/α-hetero) is 1. The molecule has 0 aliphatic heterocycles. The zero-order chi connectivity index (χ0) is 12.2. The number of rotatable bonds is 5. The number of nitrogens with two attached hydrogens (primary N) is 1. The van der Waals surface area contributed by atoms with E-state index in [1.165, 1.54) is 0 Å². The van der Waals surface area contributed by atoms with Crippen LogP contribution in [0.4, 0.5) is 0 Å². The molecule has 5 heteroatoms. The maximum absolute atomic E-state index is 11.8. The van der Waals surface area contributed by atoms with Gasteiger partial charge in [-0.3, -0.25) is 4.79 Å². The van der Waals surface area contributed by atoms with Crippen molar-refractivity contribution >= 4 is 15.6 Å². The zero-order valence-electron chi connectivity index (χ0n) is 9.81. The van der Waals surface area contributed by atoms with E-state index in [4.69, 9.17) is 5.73 Å². The van der Waals surface area contributed by atoms with Gasteiger partial charge in [0, 0.05) is 24.1 Å². The standard InChI is InChI=1S/C11H21NO3S/c1-2-16(14,15)7-6-11(13)9-4-3-5-10(12)8-9/h9-10H,2-8,12H2,1H3. The van der Waals surface area contributed by atoms with Crippen molar-refractivity contribution in [2.75, 3.05) is 11.5 Å². The fourth-order valence-corrected chi connectivity index (χ4v) is 2.93. The first-order valence-corrected chi connectivity index (χ1v) is 7.75. The highest BCUT2D eigenvalue weighted by atomic mass is 32.2. The van der Waals surface area contributed by atoms with E-state index >= 15 is 0 Å². The van der Waals surface area contributed by atoms with Crippen LogP contribution < -0.4 is 5.73 Å². The highest BCUT2D eigenvalue weighted by Crippen LogP contribution is 2.24. The molecule has 0 saturated heterocycles. The van der Waals surface area contributed by atoms with Gasteiger partial charge in [0.2, 0.25) is 0 Å². The SMILES string of the molecule is CCS(=O)(=O)CCC(=O)C1CCCC(N)C1. The lowest BCUT2D eigenvalue weighted by atomic mass is 9.83. The molecule has 0 bridgehead atoms. The molecular formula is C11H21NO3S. The Morgan fingerprint density at radius 3 is 2.62 bits per heavy atom. The minimum atomic E-state index is -3.02. The molecule has 0 aromatic carbocycles. The number of hydrogen-bond acceptors (Lipinski definition) is 4. The first-order chi connectivity index (χ1) is 7.44. The molecule has 1 aliphatic carbocycles. The van der Waals surface area contributed by atoms with Crippen molar-refractivity contribution in [2.24, 2.45) is 11.7 Å². The van der Waals surface area contributed by atoms with Crippen LogP contribution in [-0.4, -0.2) is 31.7 Å². The van der Waals surface area contributed by atoms with Crippen LogP contribution in [0.3, 0.4) is 0 Å². The van der Waals surface area contributed by atoms with E-state index in [0.717, 1.165) is 25.7 Å². The van der Waals surface area contributed by atoms with Crippen molar-refractivity contribution in [1.82, 2.24) is 0 Å². The molecule has 0 aromatic rings. The molecule has 0 heterocycles. The monoisotopic (exact) mass is 247 g/mol. The highest BCUT2D eigenvalue weighted by molar-refractivity contribution is 7.91. The van der Waals surface area contributed by atoms with Crippen molar-refractivity contribution in [1.29, 1.82) is 0 Å². The molecule has 1 aliphatic rings. The van der Waals surface area contributed by atoms with Gasteiger partial charge >= 0.3 is 0 Å². The summed E-state index contributed by atoms with van der Waals surface area (Å²) in [5.41, 5.74) is 5.80. The van der Waals surface area contributed by atoms with E-state index in [0.29, 0.717) is 0 Å². The molecule has 2 N–H and O–H groups in total. The summed E-state index contributed by atoms with van der Waals surface area (Å²) in [6, 6.07) is 0.116. The summed E-state index contributed by atoms with van der Waals surface area (Å²) in [4.78, 5) is 11.8. The van der Waals surface area contributed by atoms with Gasteiger partial charge in [-0.15, -0.1) is 0 Å². The van der Waals surface area contributed by atoms with Crippen LogP contribution in [0.25, 0.3) is 0 Å². The molecule has 94 valence electrons. The molecule has 1 fully saturated rings. The molecule has 16 heavy (non-hydrogen) atoms. The van der Waals surface area contributed by atoms with Gasteiger partial charge in [0.25, 0.3) is 0 Å². The van der Waals surface area contributed by atoms with Crippen molar-refractivity contribution in [2.45, 2.75) is 45.1 Å². The highest BCUT2D eigenvalue weighted by Gasteiger charge is 2.25. The predicted octanol–water partition coefficient (Wildman–Crippen LogP) is 0.898. The van der Waals surface area contributed by atoms with Crippen LogP contribution in [0.15, 0.2) is 0 Å². The second-order valence-corrected chi connectivity index (χ2v) is 7.05. The second-order valence-electron chi connectivity index (χ2n) is 4.58. The third-order valence-corrected chi connectivity index (χ3v) is 4.98. The second kappa shape index (κ2) is 5.77. The van der Waals surface area contributed by atoms with Gasteiger partial charge in [0.15, 0.2) is 0 Å². The fraction of sp³-hybridized carbons (Fsp3) is 0.909. The third-order valence-electron chi connectivity index (χ3n) is 3.27. The van der Waals surface area contributed by atoms with Gasteiger partial charge in [0.1, 0.15) is 15.6 Å². The molecule has 4 nitrogen and oxygen atoms in total. The van der Waals surface area contributed by atoms with Crippen molar-refractivity contribution in [3.8, 4) is 0 Å². The van der Waals surface area contributed by atoms with Gasteiger partial charge in [-0.05, 0) is 19.3 Å². The van der Waals surface area contributed by atoms with Gasteiger partial charge < -0.3 is 5.73 Å². The number of hydrogen-bond donors (Lipinski definition) is 1. The minimum Gasteiger partial charge on any atom is -0.328 e. The molecule has 0 aromatic heterocycles. The number of ketones is 1. The lowest BCUT2D eigenvalue weighted by molar-refractivity contribution is -0.123. The Hall–Kier alpha value is -0.420. The van der Waals surface area contributed by atoms with Gasteiger partial charge in [0.05, 0.1) is 5.75 Å². The summed E-state index contributed by atoms with van der Waals surface area (Å²) in [6.07, 6.45) is 3.73. The molecular weight excluding hydrogens is 226 g/mol. The van der Waals surface area contributed by atoms with Crippen LogP contribution >= 0.6 is 0 Å². The summed E-state index contributed by atoms with van der Waals surface area (Å²) in [5, 5.41) is 0. The molecule has 0 radical (unpaired) electrons. The maximum atomic E-state index is 11.8. The largest absolute Gasteiger partial charge is 0.328 e. The Bertz CT molecular complexity index is 337. The summed E-state index contributed by atoms with van der Waals surface area (Å²) in [7, 11) is -3.02. The molecule has 2 unspecified atom stereocenters. The third kappa shape index (κ3) is 4.22. The molecule has 2 atom stereocenters. The number of carbonyl (C=O) groups is 1. The minimum absolute atomic E-state index is 0.00388. The lowest BCUT2D eigenvalue weighted by Crippen LogP contribution is -2.32. The smallest absolute Gasteiger partial charge is 0.150 e. The van der Waals surface area contributed by atoms with Crippen LogP contribution in [0, 0.1) is 5.92 Å². The quantitative estimate of drug-likeness (QED) is 0.783. The van der Waals surface area contributed by atoms with Gasteiger partial charge in [-0.2, -0.15) is 0 Å².